The van der Waals surface area contributed by atoms with E-state index in [4.69, 9.17) is 21.4 Å². The van der Waals surface area contributed by atoms with E-state index >= 15 is 0 Å². The van der Waals surface area contributed by atoms with Crippen molar-refractivity contribution in [1.82, 2.24) is 0 Å². The number of aromatic carboxylic acids is 1. The van der Waals surface area contributed by atoms with E-state index < -0.39 is 5.97 Å². The Labute approximate surface area is 99.0 Å². The summed E-state index contributed by atoms with van der Waals surface area (Å²) in [5, 5.41) is 9.23. The van der Waals surface area contributed by atoms with Crippen molar-refractivity contribution in [2.45, 2.75) is 32.0 Å². The third-order valence-electron chi connectivity index (χ3n) is 2.83. The lowest BCUT2D eigenvalue weighted by molar-refractivity contribution is -0.00863. The lowest BCUT2D eigenvalue weighted by atomic mass is 9.96. The van der Waals surface area contributed by atoms with Crippen LogP contribution in [0, 0.1) is 0 Å². The first kappa shape index (κ1) is 11.4. The molecule has 2 rings (SSSR count). The molecule has 1 aliphatic rings. The predicted molar refractivity (Wildman–Crippen MR) is 60.8 cm³/mol. The first-order chi connectivity index (χ1) is 7.66. The molecular formula is C12H13ClO3. The van der Waals surface area contributed by atoms with Crippen molar-refractivity contribution in [1.29, 1.82) is 0 Å². The zero-order valence-electron chi connectivity index (χ0n) is 8.78. The molecule has 0 aromatic heterocycles. The minimum atomic E-state index is -0.964. The van der Waals surface area contributed by atoms with Crippen LogP contribution in [-0.4, -0.2) is 17.2 Å². The quantitative estimate of drug-likeness (QED) is 0.880. The first-order valence-electron chi connectivity index (χ1n) is 5.30. The highest BCUT2D eigenvalue weighted by Gasteiger charge is 2.18. The van der Waals surface area contributed by atoms with Gasteiger partial charge in [-0.15, -0.1) is 0 Å². The van der Waals surface area contributed by atoms with E-state index in [0.717, 1.165) is 18.4 Å². The second-order valence-corrected chi connectivity index (χ2v) is 4.38. The maximum atomic E-state index is 10.7. The van der Waals surface area contributed by atoms with Crippen LogP contribution < -0.4 is 0 Å². The van der Waals surface area contributed by atoms with Crippen LogP contribution in [0.3, 0.4) is 0 Å². The van der Waals surface area contributed by atoms with Gasteiger partial charge >= 0.3 is 5.97 Å². The molecule has 0 radical (unpaired) electrons. The summed E-state index contributed by atoms with van der Waals surface area (Å²) in [5.74, 6) is -0.964. The van der Waals surface area contributed by atoms with Crippen LogP contribution >= 0.6 is 11.6 Å². The maximum Gasteiger partial charge on any atom is 0.335 e. The normalized spacial score (nSPS) is 15.8. The number of carboxylic acid groups (broad SMARTS) is 1. The van der Waals surface area contributed by atoms with E-state index in [1.54, 1.807) is 12.1 Å². The van der Waals surface area contributed by atoms with Crippen LogP contribution in [0.2, 0.25) is 5.02 Å². The molecule has 0 amide bonds. The molecular weight excluding hydrogens is 228 g/mol. The SMILES string of the molecule is O=C(O)c1ccc(COC2CCC2)c(Cl)c1. The van der Waals surface area contributed by atoms with E-state index in [-0.39, 0.29) is 5.56 Å². The highest BCUT2D eigenvalue weighted by atomic mass is 35.5. The highest BCUT2D eigenvalue weighted by Crippen LogP contribution is 2.25. The fourth-order valence-corrected chi connectivity index (χ4v) is 1.78. The monoisotopic (exact) mass is 240 g/mol. The summed E-state index contributed by atoms with van der Waals surface area (Å²) in [4.78, 5) is 10.7. The fourth-order valence-electron chi connectivity index (χ4n) is 1.54. The van der Waals surface area contributed by atoms with Crippen molar-refractivity contribution < 1.29 is 14.6 Å². The van der Waals surface area contributed by atoms with Crippen molar-refractivity contribution >= 4 is 17.6 Å². The molecule has 4 heteroatoms. The number of benzene rings is 1. The Morgan fingerprint density at radius 1 is 1.50 bits per heavy atom. The zero-order valence-corrected chi connectivity index (χ0v) is 9.54. The maximum absolute atomic E-state index is 10.7. The van der Waals surface area contributed by atoms with E-state index in [1.165, 1.54) is 12.5 Å². The van der Waals surface area contributed by atoms with Crippen molar-refractivity contribution in [3.63, 3.8) is 0 Å². The molecule has 0 unspecified atom stereocenters. The molecule has 0 heterocycles. The van der Waals surface area contributed by atoms with Gasteiger partial charge in [0.25, 0.3) is 0 Å². The molecule has 1 aromatic carbocycles. The van der Waals surface area contributed by atoms with Crippen LogP contribution in [-0.2, 0) is 11.3 Å². The summed E-state index contributed by atoms with van der Waals surface area (Å²) >= 11 is 5.97. The Hall–Kier alpha value is -1.06. The number of carboxylic acids is 1. The summed E-state index contributed by atoms with van der Waals surface area (Å²) in [6.45, 7) is 0.462. The van der Waals surface area contributed by atoms with Gasteiger partial charge in [-0.05, 0) is 37.0 Å². The second kappa shape index (κ2) is 4.85. The van der Waals surface area contributed by atoms with Gasteiger partial charge < -0.3 is 9.84 Å². The average molecular weight is 241 g/mol. The topological polar surface area (TPSA) is 46.5 Å². The number of rotatable bonds is 4. The van der Waals surface area contributed by atoms with Crippen LogP contribution in [0.5, 0.6) is 0 Å². The predicted octanol–water partition coefficient (Wildman–Crippen LogP) is 3.11. The van der Waals surface area contributed by atoms with Gasteiger partial charge in [0.05, 0.1) is 18.3 Å². The third kappa shape index (κ3) is 2.54. The van der Waals surface area contributed by atoms with Gasteiger partial charge in [0.1, 0.15) is 0 Å². The summed E-state index contributed by atoms with van der Waals surface area (Å²) in [7, 11) is 0. The summed E-state index contributed by atoms with van der Waals surface area (Å²) < 4.78 is 5.61. The molecule has 0 aliphatic heterocycles. The first-order valence-corrected chi connectivity index (χ1v) is 5.68. The van der Waals surface area contributed by atoms with Crippen LogP contribution in [0.4, 0.5) is 0 Å². The second-order valence-electron chi connectivity index (χ2n) is 3.98. The van der Waals surface area contributed by atoms with Gasteiger partial charge in [-0.25, -0.2) is 4.79 Å². The number of carbonyl (C=O) groups is 1. The van der Waals surface area contributed by atoms with Crippen molar-refractivity contribution in [3.8, 4) is 0 Å². The molecule has 86 valence electrons. The number of hydrogen-bond donors (Lipinski definition) is 1. The number of hydrogen-bond acceptors (Lipinski definition) is 2. The van der Waals surface area contributed by atoms with E-state index in [2.05, 4.69) is 0 Å². The van der Waals surface area contributed by atoms with E-state index in [0.29, 0.717) is 17.7 Å². The van der Waals surface area contributed by atoms with Crippen molar-refractivity contribution in [2.24, 2.45) is 0 Å². The molecule has 0 atom stereocenters. The lowest BCUT2D eigenvalue weighted by Crippen LogP contribution is -2.21. The molecule has 1 aromatic rings. The molecule has 1 aliphatic carbocycles. The standard InChI is InChI=1S/C12H13ClO3/c13-11-6-8(12(14)15)4-5-9(11)7-16-10-2-1-3-10/h4-6,10H,1-3,7H2,(H,14,15). The zero-order chi connectivity index (χ0) is 11.5. The smallest absolute Gasteiger partial charge is 0.335 e. The molecule has 0 saturated heterocycles. The van der Waals surface area contributed by atoms with Crippen molar-refractivity contribution in [3.05, 3.63) is 34.3 Å². The van der Waals surface area contributed by atoms with Gasteiger partial charge in [0, 0.05) is 5.02 Å². The molecule has 0 bridgehead atoms. The summed E-state index contributed by atoms with van der Waals surface area (Å²) in [6.07, 6.45) is 3.82. The summed E-state index contributed by atoms with van der Waals surface area (Å²) in [6, 6.07) is 4.72. The Morgan fingerprint density at radius 3 is 2.75 bits per heavy atom. The van der Waals surface area contributed by atoms with Crippen LogP contribution in [0.1, 0.15) is 35.2 Å². The largest absolute Gasteiger partial charge is 0.478 e. The Kier molecular flexibility index (Phi) is 3.46. The minimum absolute atomic E-state index is 0.206. The van der Waals surface area contributed by atoms with Gasteiger partial charge in [0.2, 0.25) is 0 Å². The van der Waals surface area contributed by atoms with Crippen molar-refractivity contribution in [2.75, 3.05) is 0 Å². The Balaban J connectivity index is 2.00. The third-order valence-corrected chi connectivity index (χ3v) is 3.18. The molecule has 16 heavy (non-hydrogen) atoms. The average Bonchev–Trinajstić information content (AvgIpc) is 2.17. The van der Waals surface area contributed by atoms with Crippen LogP contribution in [0.15, 0.2) is 18.2 Å². The lowest BCUT2D eigenvalue weighted by Gasteiger charge is -2.25. The molecule has 1 fully saturated rings. The fraction of sp³-hybridized carbons (Fsp3) is 0.417. The van der Waals surface area contributed by atoms with E-state index in [9.17, 15) is 4.79 Å². The summed E-state index contributed by atoms with van der Waals surface area (Å²) in [5.41, 5.74) is 1.05. The molecule has 1 saturated carbocycles. The number of halogens is 1. The number of ether oxygens (including phenoxy) is 1. The molecule has 1 N–H and O–H groups in total. The Morgan fingerprint density at radius 2 is 2.25 bits per heavy atom. The minimum Gasteiger partial charge on any atom is -0.478 e. The van der Waals surface area contributed by atoms with Gasteiger partial charge in [-0.2, -0.15) is 0 Å². The molecule has 0 spiro atoms. The van der Waals surface area contributed by atoms with Gasteiger partial charge in [-0.1, -0.05) is 17.7 Å². The van der Waals surface area contributed by atoms with Gasteiger partial charge in [0.15, 0.2) is 0 Å². The van der Waals surface area contributed by atoms with E-state index in [1.807, 2.05) is 0 Å². The Bertz CT molecular complexity index is 399. The van der Waals surface area contributed by atoms with Gasteiger partial charge in [-0.3, -0.25) is 0 Å². The highest BCUT2D eigenvalue weighted by molar-refractivity contribution is 6.31. The van der Waals surface area contributed by atoms with Crippen LogP contribution in [0.25, 0.3) is 0 Å². The molecule has 3 nitrogen and oxygen atoms in total.